The quantitative estimate of drug-likeness (QED) is 0.689. The van der Waals surface area contributed by atoms with Gasteiger partial charge in [-0.05, 0) is 49.6 Å². The van der Waals surface area contributed by atoms with E-state index in [2.05, 4.69) is 16.2 Å². The van der Waals surface area contributed by atoms with Crippen LogP contribution in [0.25, 0.3) is 0 Å². The van der Waals surface area contributed by atoms with Crippen LogP contribution in [-0.4, -0.2) is 17.1 Å². The molecule has 1 heterocycles. The Hall–Kier alpha value is -2.08. The van der Waals surface area contributed by atoms with Crippen molar-refractivity contribution in [1.29, 1.82) is 0 Å². The van der Waals surface area contributed by atoms with Gasteiger partial charge in [0, 0.05) is 5.56 Å². The summed E-state index contributed by atoms with van der Waals surface area (Å²) in [7, 11) is 0. The molecule has 1 amide bonds. The predicted molar refractivity (Wildman–Crippen MR) is 95.1 cm³/mol. The van der Waals surface area contributed by atoms with Crippen molar-refractivity contribution in [1.82, 2.24) is 10.9 Å². The maximum absolute atomic E-state index is 12.4. The molecule has 3 rings (SSSR count). The number of hydrazine groups is 1. The van der Waals surface area contributed by atoms with Crippen molar-refractivity contribution in [2.24, 2.45) is 0 Å². The van der Waals surface area contributed by atoms with E-state index in [-0.39, 0.29) is 17.7 Å². The van der Waals surface area contributed by atoms with Crippen molar-refractivity contribution in [3.05, 3.63) is 58.1 Å². The van der Waals surface area contributed by atoms with Crippen molar-refractivity contribution in [3.8, 4) is 5.75 Å². The summed E-state index contributed by atoms with van der Waals surface area (Å²) in [5.41, 5.74) is 9.60. The molecule has 0 bridgehead atoms. The van der Waals surface area contributed by atoms with Gasteiger partial charge in [-0.3, -0.25) is 4.79 Å². The number of carbonyl (C=O) groups excluding carboxylic acids is 1. The largest absolute Gasteiger partial charge is 0.508 e. The number of nitrogens with one attached hydrogen (secondary N) is 3. The number of hydrogen-bond donors (Lipinski definition) is 4. The fourth-order valence-corrected chi connectivity index (χ4v) is 3.00. The van der Waals surface area contributed by atoms with E-state index in [1.165, 1.54) is 0 Å². The van der Waals surface area contributed by atoms with Crippen LogP contribution in [-0.2, 0) is 4.79 Å². The predicted octanol–water partition coefficient (Wildman–Crippen LogP) is 3.21. The lowest BCUT2D eigenvalue weighted by Gasteiger charge is -2.14. The average Bonchev–Trinajstić information content (AvgIpc) is 3.03. The summed E-state index contributed by atoms with van der Waals surface area (Å²) in [5.74, 6) is 0.0750. The first-order valence-corrected chi connectivity index (χ1v) is 8.20. The lowest BCUT2D eigenvalue weighted by Crippen LogP contribution is -2.39. The SMILES string of the molecule is Cc1cc(O)c(C2CC(C(=O)Nc3ccccc3Cl)NN2)cc1C. The lowest BCUT2D eigenvalue weighted by atomic mass is 9.97. The summed E-state index contributed by atoms with van der Waals surface area (Å²) in [6, 6.07) is 10.3. The molecule has 0 aromatic heterocycles. The van der Waals surface area contributed by atoms with Crippen LogP contribution in [0.1, 0.15) is 29.2 Å². The molecule has 2 aromatic carbocycles. The minimum atomic E-state index is -0.410. The number of para-hydroxylation sites is 1. The number of benzene rings is 2. The Morgan fingerprint density at radius 2 is 1.92 bits per heavy atom. The van der Waals surface area contributed by atoms with Gasteiger partial charge < -0.3 is 10.4 Å². The number of carbonyl (C=O) groups is 1. The second-order valence-corrected chi connectivity index (χ2v) is 6.50. The Balaban J connectivity index is 1.70. The Labute approximate surface area is 146 Å². The van der Waals surface area contributed by atoms with E-state index < -0.39 is 6.04 Å². The number of halogens is 1. The summed E-state index contributed by atoms with van der Waals surface area (Å²) in [5, 5.41) is 13.5. The first-order valence-electron chi connectivity index (χ1n) is 7.82. The minimum Gasteiger partial charge on any atom is -0.508 e. The molecule has 126 valence electrons. The van der Waals surface area contributed by atoms with E-state index in [9.17, 15) is 9.90 Å². The average molecular weight is 346 g/mol. The molecule has 24 heavy (non-hydrogen) atoms. The Morgan fingerprint density at radius 1 is 1.21 bits per heavy atom. The normalized spacial score (nSPS) is 20.1. The van der Waals surface area contributed by atoms with E-state index >= 15 is 0 Å². The molecular weight excluding hydrogens is 326 g/mol. The van der Waals surface area contributed by atoms with Crippen LogP contribution in [0, 0.1) is 13.8 Å². The van der Waals surface area contributed by atoms with Crippen LogP contribution < -0.4 is 16.2 Å². The second-order valence-electron chi connectivity index (χ2n) is 6.09. The highest BCUT2D eigenvalue weighted by Crippen LogP contribution is 2.32. The highest BCUT2D eigenvalue weighted by atomic mass is 35.5. The lowest BCUT2D eigenvalue weighted by molar-refractivity contribution is -0.117. The molecule has 0 spiro atoms. The van der Waals surface area contributed by atoms with Crippen LogP contribution in [0.15, 0.2) is 36.4 Å². The van der Waals surface area contributed by atoms with Gasteiger partial charge >= 0.3 is 0 Å². The summed E-state index contributed by atoms with van der Waals surface area (Å²) in [6.45, 7) is 3.96. The summed E-state index contributed by atoms with van der Waals surface area (Å²) in [4.78, 5) is 12.4. The zero-order chi connectivity index (χ0) is 17.3. The Morgan fingerprint density at radius 3 is 2.67 bits per heavy atom. The number of amides is 1. The number of aryl methyl sites for hydroxylation is 2. The van der Waals surface area contributed by atoms with Crippen molar-refractivity contribution in [2.75, 3.05) is 5.32 Å². The first-order chi connectivity index (χ1) is 11.5. The van der Waals surface area contributed by atoms with E-state index in [0.717, 1.165) is 16.7 Å². The van der Waals surface area contributed by atoms with E-state index in [4.69, 9.17) is 11.6 Å². The number of phenols is 1. The number of anilines is 1. The van der Waals surface area contributed by atoms with Gasteiger partial charge in [-0.1, -0.05) is 29.8 Å². The van der Waals surface area contributed by atoms with Crippen molar-refractivity contribution in [3.63, 3.8) is 0 Å². The maximum Gasteiger partial charge on any atom is 0.242 e. The summed E-state index contributed by atoms with van der Waals surface area (Å²) >= 11 is 6.07. The van der Waals surface area contributed by atoms with Crippen LogP contribution in [0.3, 0.4) is 0 Å². The molecule has 5 nitrogen and oxygen atoms in total. The van der Waals surface area contributed by atoms with Crippen LogP contribution in [0.5, 0.6) is 5.75 Å². The summed E-state index contributed by atoms with van der Waals surface area (Å²) < 4.78 is 0. The van der Waals surface area contributed by atoms with Gasteiger partial charge in [0.25, 0.3) is 0 Å². The molecule has 1 saturated heterocycles. The highest BCUT2D eigenvalue weighted by molar-refractivity contribution is 6.33. The zero-order valence-corrected chi connectivity index (χ0v) is 14.3. The summed E-state index contributed by atoms with van der Waals surface area (Å²) in [6.07, 6.45) is 0.534. The molecule has 0 radical (unpaired) electrons. The van der Waals surface area contributed by atoms with Gasteiger partial charge in [0.1, 0.15) is 11.8 Å². The van der Waals surface area contributed by atoms with Gasteiger partial charge in [-0.25, -0.2) is 10.9 Å². The molecule has 1 aliphatic rings. The molecule has 0 aliphatic carbocycles. The Bertz CT molecular complexity index is 779. The van der Waals surface area contributed by atoms with Crippen LogP contribution in [0.4, 0.5) is 5.69 Å². The van der Waals surface area contributed by atoms with Gasteiger partial charge in [-0.15, -0.1) is 0 Å². The van der Waals surface area contributed by atoms with Gasteiger partial charge in [0.15, 0.2) is 0 Å². The molecule has 1 aliphatic heterocycles. The number of rotatable bonds is 3. The van der Waals surface area contributed by atoms with Gasteiger partial charge in [-0.2, -0.15) is 0 Å². The topological polar surface area (TPSA) is 73.4 Å². The smallest absolute Gasteiger partial charge is 0.242 e. The van der Waals surface area contributed by atoms with Crippen molar-refractivity contribution < 1.29 is 9.90 Å². The van der Waals surface area contributed by atoms with Gasteiger partial charge in [0.2, 0.25) is 5.91 Å². The molecule has 2 unspecified atom stereocenters. The standard InChI is InChI=1S/C18H20ClN3O2/c1-10-7-12(17(23)8-11(10)2)15-9-16(22-21-15)18(24)20-14-6-4-3-5-13(14)19/h3-8,15-16,21-23H,9H2,1-2H3,(H,20,24). The molecule has 2 aromatic rings. The molecule has 4 N–H and O–H groups in total. The first kappa shape index (κ1) is 16.8. The van der Waals surface area contributed by atoms with Crippen LogP contribution >= 0.6 is 11.6 Å². The molecule has 0 saturated carbocycles. The molecular formula is C18H20ClN3O2. The molecule has 1 fully saturated rings. The molecule has 6 heteroatoms. The van der Waals surface area contributed by atoms with E-state index in [1.807, 2.05) is 32.0 Å². The van der Waals surface area contributed by atoms with E-state index in [1.54, 1.807) is 18.2 Å². The third-order valence-electron chi connectivity index (χ3n) is 4.37. The minimum absolute atomic E-state index is 0.133. The third-order valence-corrected chi connectivity index (χ3v) is 4.70. The molecule has 2 atom stereocenters. The monoisotopic (exact) mass is 345 g/mol. The van der Waals surface area contributed by atoms with Gasteiger partial charge in [0.05, 0.1) is 16.8 Å². The fraction of sp³-hybridized carbons (Fsp3) is 0.278. The van der Waals surface area contributed by atoms with E-state index in [0.29, 0.717) is 17.1 Å². The van der Waals surface area contributed by atoms with Crippen molar-refractivity contribution in [2.45, 2.75) is 32.4 Å². The van der Waals surface area contributed by atoms with Crippen molar-refractivity contribution >= 4 is 23.2 Å². The van der Waals surface area contributed by atoms with Crippen LogP contribution in [0.2, 0.25) is 5.02 Å². The fourth-order valence-electron chi connectivity index (χ4n) is 2.82. The number of aromatic hydroxyl groups is 1. The zero-order valence-electron chi connectivity index (χ0n) is 13.6. The number of phenolic OH excluding ortho intramolecular Hbond substituents is 1. The Kier molecular flexibility index (Phi) is 4.76. The number of hydrogen-bond acceptors (Lipinski definition) is 4. The maximum atomic E-state index is 12.4. The third kappa shape index (κ3) is 3.38. The second kappa shape index (κ2) is 6.81. The highest BCUT2D eigenvalue weighted by Gasteiger charge is 2.31.